The molecule has 1 atom stereocenters. The molecule has 0 amide bonds. The Kier molecular flexibility index (Phi) is 3.42. The van der Waals surface area contributed by atoms with Gasteiger partial charge >= 0.3 is 0 Å². The first-order valence-corrected chi connectivity index (χ1v) is 5.48. The third kappa shape index (κ3) is 2.52. The van der Waals surface area contributed by atoms with E-state index in [4.69, 9.17) is 4.42 Å². The van der Waals surface area contributed by atoms with E-state index in [9.17, 15) is 5.11 Å². The maximum Gasteiger partial charge on any atom is 0.0934 e. The minimum atomic E-state index is 0.150. The van der Waals surface area contributed by atoms with Gasteiger partial charge in [0.25, 0.3) is 0 Å². The van der Waals surface area contributed by atoms with Crippen LogP contribution in [0.25, 0.3) is 0 Å². The fourth-order valence-electron chi connectivity index (χ4n) is 1.91. The summed E-state index contributed by atoms with van der Waals surface area (Å²) in [5.41, 5.74) is 3.53. The van der Waals surface area contributed by atoms with E-state index in [1.807, 2.05) is 12.1 Å². The van der Waals surface area contributed by atoms with Crippen molar-refractivity contribution in [2.75, 3.05) is 6.61 Å². The largest absolute Gasteiger partial charge is 0.472 e. The third-order valence-electron chi connectivity index (χ3n) is 2.80. The van der Waals surface area contributed by atoms with Gasteiger partial charge in [0.1, 0.15) is 0 Å². The van der Waals surface area contributed by atoms with Crippen LogP contribution in [0.1, 0.15) is 22.6 Å². The lowest BCUT2D eigenvalue weighted by Crippen LogP contribution is -2.07. The number of aliphatic hydroxyl groups excluding tert-OH is 1. The first kappa shape index (κ1) is 11.0. The summed E-state index contributed by atoms with van der Waals surface area (Å²) in [5, 5.41) is 9.44. The molecule has 0 spiro atoms. The van der Waals surface area contributed by atoms with Gasteiger partial charge in [0, 0.05) is 5.92 Å². The second-order valence-electron chi connectivity index (χ2n) is 4.13. The van der Waals surface area contributed by atoms with Crippen molar-refractivity contribution in [2.45, 2.75) is 19.3 Å². The number of benzene rings is 1. The minimum Gasteiger partial charge on any atom is -0.472 e. The highest BCUT2D eigenvalue weighted by Crippen LogP contribution is 2.21. The zero-order valence-electron chi connectivity index (χ0n) is 9.39. The fourth-order valence-corrected chi connectivity index (χ4v) is 1.91. The summed E-state index contributed by atoms with van der Waals surface area (Å²) in [5.74, 6) is 0.150. The summed E-state index contributed by atoms with van der Waals surface area (Å²) >= 11 is 0. The van der Waals surface area contributed by atoms with Crippen LogP contribution in [0.4, 0.5) is 0 Å². The molecule has 2 heteroatoms. The zero-order valence-corrected chi connectivity index (χ0v) is 9.39. The van der Waals surface area contributed by atoms with Crippen molar-refractivity contribution in [3.63, 3.8) is 0 Å². The normalized spacial score (nSPS) is 12.6. The summed E-state index contributed by atoms with van der Waals surface area (Å²) in [4.78, 5) is 0. The topological polar surface area (TPSA) is 33.4 Å². The number of furan rings is 1. The van der Waals surface area contributed by atoms with Gasteiger partial charge in [-0.25, -0.2) is 0 Å². The lowest BCUT2D eigenvalue weighted by atomic mass is 9.93. The quantitative estimate of drug-likeness (QED) is 0.852. The molecule has 1 N–H and O–H groups in total. The molecule has 2 nitrogen and oxygen atoms in total. The molecular weight excluding hydrogens is 200 g/mol. The van der Waals surface area contributed by atoms with Crippen molar-refractivity contribution < 1.29 is 9.52 Å². The fraction of sp³-hybridized carbons (Fsp3) is 0.286. The Morgan fingerprint density at radius 3 is 2.81 bits per heavy atom. The summed E-state index contributed by atoms with van der Waals surface area (Å²) in [6.07, 6.45) is 4.22. The number of hydrogen-bond donors (Lipinski definition) is 1. The van der Waals surface area contributed by atoms with Crippen molar-refractivity contribution >= 4 is 0 Å². The van der Waals surface area contributed by atoms with E-state index in [-0.39, 0.29) is 12.5 Å². The lowest BCUT2D eigenvalue weighted by Gasteiger charge is -2.14. The van der Waals surface area contributed by atoms with Crippen LogP contribution in [0.15, 0.2) is 47.3 Å². The van der Waals surface area contributed by atoms with Crippen molar-refractivity contribution in [1.82, 2.24) is 0 Å². The highest BCUT2D eigenvalue weighted by Gasteiger charge is 2.11. The van der Waals surface area contributed by atoms with Crippen LogP contribution in [0, 0.1) is 6.92 Å². The minimum absolute atomic E-state index is 0.150. The molecule has 0 aliphatic heterocycles. The molecule has 0 aliphatic carbocycles. The smallest absolute Gasteiger partial charge is 0.0934 e. The molecule has 0 saturated heterocycles. The molecule has 1 aromatic heterocycles. The molecule has 0 aliphatic rings. The molecule has 1 aromatic carbocycles. The Labute approximate surface area is 95.5 Å². The number of aliphatic hydroxyl groups is 1. The first-order valence-electron chi connectivity index (χ1n) is 5.48. The van der Waals surface area contributed by atoms with E-state index < -0.39 is 0 Å². The van der Waals surface area contributed by atoms with E-state index in [1.54, 1.807) is 12.5 Å². The maximum atomic E-state index is 9.44. The first-order chi connectivity index (χ1) is 7.79. The Morgan fingerprint density at radius 1 is 1.31 bits per heavy atom. The van der Waals surface area contributed by atoms with Crippen LogP contribution < -0.4 is 0 Å². The molecule has 0 fully saturated rings. The number of rotatable bonds is 4. The third-order valence-corrected chi connectivity index (χ3v) is 2.80. The van der Waals surface area contributed by atoms with Gasteiger partial charge in [-0.2, -0.15) is 0 Å². The Bertz CT molecular complexity index is 432. The molecule has 0 saturated carbocycles. The Balaban J connectivity index is 2.16. The van der Waals surface area contributed by atoms with Crippen molar-refractivity contribution in [2.24, 2.45) is 0 Å². The molecule has 0 bridgehead atoms. The van der Waals surface area contributed by atoms with E-state index >= 15 is 0 Å². The van der Waals surface area contributed by atoms with E-state index in [0.29, 0.717) is 0 Å². The Hall–Kier alpha value is -1.54. The SMILES string of the molecule is Cc1cccc(C(CO)Cc2ccoc2)c1. The second-order valence-corrected chi connectivity index (χ2v) is 4.13. The standard InChI is InChI=1S/C14H16O2/c1-11-3-2-4-13(7-11)14(9-15)8-12-5-6-16-10-12/h2-7,10,14-15H,8-9H2,1H3. The van der Waals surface area contributed by atoms with Gasteiger partial charge < -0.3 is 9.52 Å². The molecular formula is C14H16O2. The van der Waals surface area contributed by atoms with Crippen LogP contribution >= 0.6 is 0 Å². The van der Waals surface area contributed by atoms with Gasteiger partial charge in [-0.15, -0.1) is 0 Å². The summed E-state index contributed by atoms with van der Waals surface area (Å²) in [6, 6.07) is 10.2. The molecule has 0 radical (unpaired) electrons. The van der Waals surface area contributed by atoms with Crippen molar-refractivity contribution in [3.8, 4) is 0 Å². The molecule has 1 unspecified atom stereocenters. The highest BCUT2D eigenvalue weighted by molar-refractivity contribution is 5.27. The average Bonchev–Trinajstić information content (AvgIpc) is 2.78. The van der Waals surface area contributed by atoms with E-state index in [2.05, 4.69) is 25.1 Å². The molecule has 2 rings (SSSR count). The average molecular weight is 216 g/mol. The van der Waals surface area contributed by atoms with Crippen molar-refractivity contribution in [1.29, 1.82) is 0 Å². The van der Waals surface area contributed by atoms with E-state index in [1.165, 1.54) is 11.1 Å². The monoisotopic (exact) mass is 216 g/mol. The van der Waals surface area contributed by atoms with Gasteiger partial charge in [-0.1, -0.05) is 29.8 Å². The van der Waals surface area contributed by atoms with Crippen LogP contribution in [0.5, 0.6) is 0 Å². The number of aryl methyl sites for hydroxylation is 1. The molecule has 1 heterocycles. The van der Waals surface area contributed by atoms with Crippen LogP contribution in [0.3, 0.4) is 0 Å². The van der Waals surface area contributed by atoms with Crippen LogP contribution in [-0.2, 0) is 6.42 Å². The predicted molar refractivity (Wildman–Crippen MR) is 63.4 cm³/mol. The summed E-state index contributed by atoms with van der Waals surface area (Å²) in [7, 11) is 0. The second kappa shape index (κ2) is 4.99. The van der Waals surface area contributed by atoms with Crippen LogP contribution in [0.2, 0.25) is 0 Å². The van der Waals surface area contributed by atoms with Gasteiger partial charge in [-0.3, -0.25) is 0 Å². The van der Waals surface area contributed by atoms with E-state index in [0.717, 1.165) is 12.0 Å². The zero-order chi connectivity index (χ0) is 11.4. The van der Waals surface area contributed by atoms with Crippen LogP contribution in [-0.4, -0.2) is 11.7 Å². The van der Waals surface area contributed by atoms with Gasteiger partial charge in [-0.05, 0) is 30.5 Å². The van der Waals surface area contributed by atoms with Gasteiger partial charge in [0.2, 0.25) is 0 Å². The number of hydrogen-bond acceptors (Lipinski definition) is 2. The lowest BCUT2D eigenvalue weighted by molar-refractivity contribution is 0.264. The maximum absolute atomic E-state index is 9.44. The summed E-state index contributed by atoms with van der Waals surface area (Å²) in [6.45, 7) is 2.23. The Morgan fingerprint density at radius 2 is 2.19 bits per heavy atom. The molecule has 16 heavy (non-hydrogen) atoms. The molecule has 84 valence electrons. The van der Waals surface area contributed by atoms with Gasteiger partial charge in [0.05, 0.1) is 19.1 Å². The predicted octanol–water partition coefficient (Wildman–Crippen LogP) is 2.91. The highest BCUT2D eigenvalue weighted by atomic mass is 16.3. The molecule has 2 aromatic rings. The van der Waals surface area contributed by atoms with Gasteiger partial charge in [0.15, 0.2) is 0 Å². The summed E-state index contributed by atoms with van der Waals surface area (Å²) < 4.78 is 5.04. The van der Waals surface area contributed by atoms with Crippen molar-refractivity contribution in [3.05, 3.63) is 59.5 Å².